The van der Waals surface area contributed by atoms with Crippen LogP contribution in [-0.4, -0.2) is 26.1 Å². The summed E-state index contributed by atoms with van der Waals surface area (Å²) in [6.45, 7) is 4.05. The van der Waals surface area contributed by atoms with Crippen molar-refractivity contribution in [2.24, 2.45) is 0 Å². The van der Waals surface area contributed by atoms with Gasteiger partial charge in [0.15, 0.2) is 6.79 Å². The zero-order valence-corrected chi connectivity index (χ0v) is 11.5. The van der Waals surface area contributed by atoms with Crippen molar-refractivity contribution in [3.8, 4) is 11.5 Å². The van der Waals surface area contributed by atoms with Gasteiger partial charge in [-0.1, -0.05) is 13.8 Å². The summed E-state index contributed by atoms with van der Waals surface area (Å²) < 4.78 is 15.6. The van der Waals surface area contributed by atoms with Crippen molar-refractivity contribution in [2.45, 2.75) is 32.3 Å². The Hall–Kier alpha value is -1.26. The summed E-state index contributed by atoms with van der Waals surface area (Å²) in [7, 11) is 3.17. The van der Waals surface area contributed by atoms with Gasteiger partial charge in [-0.2, -0.15) is 0 Å². The Morgan fingerprint density at radius 1 is 1.17 bits per heavy atom. The van der Waals surface area contributed by atoms with E-state index in [4.69, 9.17) is 14.2 Å². The molecular formula is C14H22O4. The van der Waals surface area contributed by atoms with E-state index in [-0.39, 0.29) is 6.79 Å². The van der Waals surface area contributed by atoms with Crippen molar-refractivity contribution < 1.29 is 19.3 Å². The minimum Gasteiger partial charge on any atom is -0.497 e. The van der Waals surface area contributed by atoms with Crippen LogP contribution in [-0.2, 0) is 10.3 Å². The lowest BCUT2D eigenvalue weighted by Gasteiger charge is -2.28. The molecule has 0 aliphatic heterocycles. The Morgan fingerprint density at radius 2 is 1.83 bits per heavy atom. The summed E-state index contributed by atoms with van der Waals surface area (Å²) in [4.78, 5) is 0. The van der Waals surface area contributed by atoms with Crippen LogP contribution in [0.3, 0.4) is 0 Å². The third kappa shape index (κ3) is 3.15. The molecule has 0 aromatic heterocycles. The van der Waals surface area contributed by atoms with E-state index in [1.165, 1.54) is 0 Å². The molecule has 0 saturated carbocycles. The number of methoxy groups -OCH3 is 2. The summed E-state index contributed by atoms with van der Waals surface area (Å²) >= 11 is 0. The lowest BCUT2D eigenvalue weighted by Crippen LogP contribution is -2.24. The quantitative estimate of drug-likeness (QED) is 0.760. The second kappa shape index (κ2) is 6.61. The van der Waals surface area contributed by atoms with E-state index >= 15 is 0 Å². The molecule has 0 aliphatic rings. The highest BCUT2D eigenvalue weighted by molar-refractivity contribution is 5.43. The number of aliphatic hydroxyl groups is 1. The Labute approximate surface area is 108 Å². The molecule has 0 saturated heterocycles. The third-order valence-corrected chi connectivity index (χ3v) is 3.19. The molecule has 1 N–H and O–H groups in total. The Balaban J connectivity index is 3.17. The number of hydrogen-bond donors (Lipinski definition) is 1. The Bertz CT molecular complexity index is 372. The number of ether oxygens (including phenoxy) is 3. The van der Waals surface area contributed by atoms with E-state index in [1.807, 2.05) is 19.9 Å². The Kier molecular flexibility index (Phi) is 5.44. The molecule has 0 amide bonds. The van der Waals surface area contributed by atoms with Gasteiger partial charge in [-0.25, -0.2) is 0 Å². The van der Waals surface area contributed by atoms with Gasteiger partial charge in [0.05, 0.1) is 12.7 Å². The van der Waals surface area contributed by atoms with Crippen LogP contribution in [0.2, 0.25) is 0 Å². The first-order valence-electron chi connectivity index (χ1n) is 6.14. The van der Waals surface area contributed by atoms with Gasteiger partial charge in [-0.3, -0.25) is 0 Å². The van der Waals surface area contributed by atoms with Crippen LogP contribution in [0.1, 0.15) is 32.3 Å². The minimum absolute atomic E-state index is 0.156. The number of benzene rings is 1. The molecule has 1 aromatic carbocycles. The van der Waals surface area contributed by atoms with Crippen LogP contribution in [0.5, 0.6) is 11.5 Å². The normalized spacial score (nSPS) is 11.4. The summed E-state index contributed by atoms with van der Waals surface area (Å²) in [6, 6.07) is 5.42. The van der Waals surface area contributed by atoms with E-state index in [0.717, 1.165) is 5.56 Å². The Morgan fingerprint density at radius 3 is 2.33 bits per heavy atom. The van der Waals surface area contributed by atoms with Gasteiger partial charge in [-0.05, 0) is 31.0 Å². The minimum atomic E-state index is -0.905. The van der Waals surface area contributed by atoms with Crippen LogP contribution in [0, 0.1) is 0 Å². The molecule has 4 nitrogen and oxygen atoms in total. The van der Waals surface area contributed by atoms with Crippen molar-refractivity contribution >= 4 is 0 Å². The molecule has 0 fully saturated rings. The monoisotopic (exact) mass is 254 g/mol. The molecule has 0 atom stereocenters. The zero-order chi connectivity index (χ0) is 13.6. The predicted octanol–water partition coefficient (Wildman–Crippen LogP) is 2.69. The summed E-state index contributed by atoms with van der Waals surface area (Å²) in [5.74, 6) is 1.33. The third-order valence-electron chi connectivity index (χ3n) is 3.19. The summed E-state index contributed by atoms with van der Waals surface area (Å²) in [5, 5.41) is 10.6. The molecular weight excluding hydrogens is 232 g/mol. The molecule has 0 bridgehead atoms. The van der Waals surface area contributed by atoms with Crippen LogP contribution >= 0.6 is 0 Å². The maximum atomic E-state index is 10.6. The van der Waals surface area contributed by atoms with Crippen LogP contribution in [0.25, 0.3) is 0 Å². The van der Waals surface area contributed by atoms with E-state index in [0.29, 0.717) is 24.3 Å². The highest BCUT2D eigenvalue weighted by Crippen LogP contribution is 2.37. The summed E-state index contributed by atoms with van der Waals surface area (Å²) in [5.41, 5.74) is -0.165. The predicted molar refractivity (Wildman–Crippen MR) is 70.0 cm³/mol. The fourth-order valence-electron chi connectivity index (χ4n) is 1.88. The average Bonchev–Trinajstić information content (AvgIpc) is 2.44. The van der Waals surface area contributed by atoms with Crippen molar-refractivity contribution in [2.75, 3.05) is 21.0 Å². The SMILES string of the molecule is CCC(O)(CC)c1cc(OC)ccc1OCOC. The first-order chi connectivity index (χ1) is 8.61. The molecule has 0 radical (unpaired) electrons. The van der Waals surface area contributed by atoms with Crippen molar-refractivity contribution in [1.29, 1.82) is 0 Å². The van der Waals surface area contributed by atoms with Gasteiger partial charge < -0.3 is 19.3 Å². The lowest BCUT2D eigenvalue weighted by atomic mass is 9.88. The smallest absolute Gasteiger partial charge is 0.188 e. The molecule has 102 valence electrons. The highest BCUT2D eigenvalue weighted by atomic mass is 16.7. The maximum Gasteiger partial charge on any atom is 0.188 e. The second-order valence-corrected chi connectivity index (χ2v) is 4.15. The fraction of sp³-hybridized carbons (Fsp3) is 0.571. The molecule has 18 heavy (non-hydrogen) atoms. The molecule has 4 heteroatoms. The molecule has 1 rings (SSSR count). The van der Waals surface area contributed by atoms with Gasteiger partial charge >= 0.3 is 0 Å². The topological polar surface area (TPSA) is 47.9 Å². The second-order valence-electron chi connectivity index (χ2n) is 4.15. The van der Waals surface area contributed by atoms with Gasteiger partial charge in [0.1, 0.15) is 11.5 Å². The average molecular weight is 254 g/mol. The molecule has 1 aromatic rings. The van der Waals surface area contributed by atoms with Gasteiger partial charge in [0, 0.05) is 12.7 Å². The van der Waals surface area contributed by atoms with E-state index in [9.17, 15) is 5.11 Å². The van der Waals surface area contributed by atoms with Crippen LogP contribution in [0.15, 0.2) is 18.2 Å². The summed E-state index contributed by atoms with van der Waals surface area (Å²) in [6.07, 6.45) is 1.22. The van der Waals surface area contributed by atoms with Crippen LogP contribution < -0.4 is 9.47 Å². The van der Waals surface area contributed by atoms with Gasteiger partial charge in [0.2, 0.25) is 0 Å². The lowest BCUT2D eigenvalue weighted by molar-refractivity contribution is 0.0153. The number of rotatable bonds is 7. The first-order valence-corrected chi connectivity index (χ1v) is 6.14. The van der Waals surface area contributed by atoms with Crippen molar-refractivity contribution in [3.05, 3.63) is 23.8 Å². The first kappa shape index (κ1) is 14.8. The zero-order valence-electron chi connectivity index (χ0n) is 11.5. The van der Waals surface area contributed by atoms with E-state index in [2.05, 4.69) is 0 Å². The van der Waals surface area contributed by atoms with Gasteiger partial charge in [-0.15, -0.1) is 0 Å². The highest BCUT2D eigenvalue weighted by Gasteiger charge is 2.29. The van der Waals surface area contributed by atoms with E-state index < -0.39 is 5.60 Å². The van der Waals surface area contributed by atoms with Crippen molar-refractivity contribution in [3.63, 3.8) is 0 Å². The van der Waals surface area contributed by atoms with Crippen LogP contribution in [0.4, 0.5) is 0 Å². The largest absolute Gasteiger partial charge is 0.497 e. The molecule has 0 spiro atoms. The van der Waals surface area contributed by atoms with E-state index in [1.54, 1.807) is 26.4 Å². The van der Waals surface area contributed by atoms with Gasteiger partial charge in [0.25, 0.3) is 0 Å². The molecule has 0 aliphatic carbocycles. The number of hydrogen-bond acceptors (Lipinski definition) is 4. The molecule has 0 heterocycles. The molecule has 0 unspecified atom stereocenters. The maximum absolute atomic E-state index is 10.6. The fourth-order valence-corrected chi connectivity index (χ4v) is 1.88. The standard InChI is InChI=1S/C14H22O4/c1-5-14(15,6-2)12-9-11(17-4)7-8-13(12)18-10-16-3/h7-9,15H,5-6,10H2,1-4H3. The van der Waals surface area contributed by atoms with Crippen molar-refractivity contribution in [1.82, 2.24) is 0 Å².